The smallest absolute Gasteiger partial charge is 0.218 e. The van der Waals surface area contributed by atoms with Gasteiger partial charge in [0, 0.05) is 25.4 Å². The number of rotatable bonds is 3. The minimum absolute atomic E-state index is 0.188. The lowest BCUT2D eigenvalue weighted by atomic mass is 9.90. The topological polar surface area (TPSA) is 63.6 Å². The first-order valence-electron chi connectivity index (χ1n) is 8.69. The Kier molecular flexibility index (Phi) is 4.40. The first-order valence-corrected chi connectivity index (χ1v) is 8.69. The molecule has 2 aromatic heterocycles. The van der Waals surface area contributed by atoms with Crippen LogP contribution in [0, 0.1) is 0 Å². The molecule has 7 nitrogen and oxygen atoms in total. The number of piperidine rings is 1. The maximum absolute atomic E-state index is 6.28. The van der Waals surface area contributed by atoms with Crippen LogP contribution in [0.2, 0.25) is 0 Å². The van der Waals surface area contributed by atoms with Gasteiger partial charge in [0.1, 0.15) is 23.6 Å². The first-order chi connectivity index (χ1) is 12.3. The molecule has 1 unspecified atom stereocenters. The van der Waals surface area contributed by atoms with Gasteiger partial charge in [-0.25, -0.2) is 15.0 Å². The molecule has 0 saturated carbocycles. The maximum atomic E-state index is 6.28. The third-order valence-corrected chi connectivity index (χ3v) is 4.92. The van der Waals surface area contributed by atoms with E-state index in [0.717, 1.165) is 50.7 Å². The summed E-state index contributed by atoms with van der Waals surface area (Å²) in [6, 6.07) is 7.93. The molecule has 2 saturated heterocycles. The highest BCUT2D eigenvalue weighted by Gasteiger charge is 2.41. The standard InChI is InChI=1S/C18H23N5O2/c1-24-17-11-16(20-14-21-17)23-9-10-25-18(13-23)6-4-8-22(12-18)15-5-2-3-7-19-15/h2-3,5,7,11,14H,4,6,8-10,12-13H2,1H3. The molecule has 0 amide bonds. The average Bonchev–Trinajstić information content (AvgIpc) is 2.69. The zero-order valence-corrected chi connectivity index (χ0v) is 14.5. The molecule has 1 spiro atoms. The Bertz CT molecular complexity index is 710. The molecule has 1 atom stereocenters. The van der Waals surface area contributed by atoms with Crippen molar-refractivity contribution in [1.82, 2.24) is 15.0 Å². The van der Waals surface area contributed by atoms with Crippen LogP contribution in [0.25, 0.3) is 0 Å². The predicted molar refractivity (Wildman–Crippen MR) is 95.2 cm³/mol. The van der Waals surface area contributed by atoms with E-state index >= 15 is 0 Å². The lowest BCUT2D eigenvalue weighted by molar-refractivity contribution is -0.0632. The van der Waals surface area contributed by atoms with Crippen molar-refractivity contribution in [2.45, 2.75) is 18.4 Å². The van der Waals surface area contributed by atoms with Gasteiger partial charge in [-0.15, -0.1) is 0 Å². The van der Waals surface area contributed by atoms with Crippen LogP contribution in [0.3, 0.4) is 0 Å². The van der Waals surface area contributed by atoms with Crippen LogP contribution in [0.1, 0.15) is 12.8 Å². The number of methoxy groups -OCH3 is 1. The van der Waals surface area contributed by atoms with E-state index in [2.05, 4.69) is 30.8 Å². The second kappa shape index (κ2) is 6.84. The Morgan fingerprint density at radius 2 is 1.96 bits per heavy atom. The second-order valence-electron chi connectivity index (χ2n) is 6.58. The summed E-state index contributed by atoms with van der Waals surface area (Å²) in [4.78, 5) is 17.6. The molecule has 0 N–H and O–H groups in total. The molecule has 0 bridgehead atoms. The third-order valence-electron chi connectivity index (χ3n) is 4.92. The summed E-state index contributed by atoms with van der Waals surface area (Å²) in [7, 11) is 1.62. The van der Waals surface area contributed by atoms with Crippen LogP contribution >= 0.6 is 0 Å². The number of pyridine rings is 1. The van der Waals surface area contributed by atoms with E-state index < -0.39 is 0 Å². The third kappa shape index (κ3) is 3.37. The van der Waals surface area contributed by atoms with E-state index in [0.29, 0.717) is 12.5 Å². The monoisotopic (exact) mass is 341 g/mol. The van der Waals surface area contributed by atoms with Gasteiger partial charge in [-0.05, 0) is 25.0 Å². The number of morpholine rings is 1. The Hall–Kier alpha value is -2.41. The Morgan fingerprint density at radius 1 is 1.08 bits per heavy atom. The molecular formula is C18H23N5O2. The summed E-state index contributed by atoms with van der Waals surface area (Å²) >= 11 is 0. The highest BCUT2D eigenvalue weighted by Crippen LogP contribution is 2.32. The van der Waals surface area contributed by atoms with Crippen LogP contribution < -0.4 is 14.5 Å². The van der Waals surface area contributed by atoms with E-state index in [-0.39, 0.29) is 5.60 Å². The average molecular weight is 341 g/mol. The van der Waals surface area contributed by atoms with Gasteiger partial charge < -0.3 is 19.3 Å². The number of hydrogen-bond donors (Lipinski definition) is 0. The fourth-order valence-corrected chi connectivity index (χ4v) is 3.74. The van der Waals surface area contributed by atoms with Gasteiger partial charge in [0.15, 0.2) is 0 Å². The van der Waals surface area contributed by atoms with Gasteiger partial charge in [-0.3, -0.25) is 0 Å². The van der Waals surface area contributed by atoms with E-state index in [1.807, 2.05) is 24.4 Å². The molecule has 2 fully saturated rings. The van der Waals surface area contributed by atoms with Crippen molar-refractivity contribution in [2.24, 2.45) is 0 Å². The summed E-state index contributed by atoms with van der Waals surface area (Å²) in [5.41, 5.74) is -0.188. The van der Waals surface area contributed by atoms with Crippen molar-refractivity contribution in [1.29, 1.82) is 0 Å². The fourth-order valence-electron chi connectivity index (χ4n) is 3.74. The van der Waals surface area contributed by atoms with Gasteiger partial charge in [0.25, 0.3) is 0 Å². The lowest BCUT2D eigenvalue weighted by Crippen LogP contribution is -2.60. The van der Waals surface area contributed by atoms with E-state index in [4.69, 9.17) is 9.47 Å². The van der Waals surface area contributed by atoms with Crippen molar-refractivity contribution in [2.75, 3.05) is 49.7 Å². The van der Waals surface area contributed by atoms with Crippen molar-refractivity contribution < 1.29 is 9.47 Å². The van der Waals surface area contributed by atoms with Crippen LogP contribution in [0.15, 0.2) is 36.8 Å². The summed E-state index contributed by atoms with van der Waals surface area (Å²) in [6.07, 6.45) is 5.54. The Labute approximate surface area is 147 Å². The van der Waals surface area contributed by atoms with E-state index in [1.54, 1.807) is 13.4 Å². The SMILES string of the molecule is COc1cc(N2CCOC3(CCCN(c4ccccn4)C3)C2)ncn1. The number of aromatic nitrogens is 3. The number of nitrogens with zero attached hydrogens (tertiary/aromatic N) is 5. The minimum atomic E-state index is -0.188. The van der Waals surface area contributed by atoms with Crippen molar-refractivity contribution in [3.05, 3.63) is 36.8 Å². The van der Waals surface area contributed by atoms with Gasteiger partial charge in [0.05, 0.1) is 26.8 Å². The summed E-state index contributed by atoms with van der Waals surface area (Å²) in [5.74, 6) is 2.50. The van der Waals surface area contributed by atoms with Gasteiger partial charge in [-0.2, -0.15) is 0 Å². The largest absolute Gasteiger partial charge is 0.481 e. The molecule has 0 radical (unpaired) electrons. The number of hydrogen-bond acceptors (Lipinski definition) is 7. The number of anilines is 2. The summed E-state index contributed by atoms with van der Waals surface area (Å²) < 4.78 is 11.5. The molecule has 2 aliphatic rings. The normalized spacial score (nSPS) is 23.7. The highest BCUT2D eigenvalue weighted by atomic mass is 16.5. The van der Waals surface area contributed by atoms with Gasteiger partial charge in [0.2, 0.25) is 5.88 Å². The highest BCUT2D eigenvalue weighted by molar-refractivity contribution is 5.44. The summed E-state index contributed by atoms with van der Waals surface area (Å²) in [5, 5.41) is 0. The van der Waals surface area contributed by atoms with Crippen LogP contribution in [0.5, 0.6) is 5.88 Å². The quantitative estimate of drug-likeness (QED) is 0.843. The maximum Gasteiger partial charge on any atom is 0.218 e. The molecule has 4 rings (SSSR count). The molecule has 7 heteroatoms. The number of ether oxygens (including phenoxy) is 2. The van der Waals surface area contributed by atoms with Gasteiger partial charge in [-0.1, -0.05) is 6.07 Å². The van der Waals surface area contributed by atoms with Crippen LogP contribution in [-0.2, 0) is 4.74 Å². The van der Waals surface area contributed by atoms with Gasteiger partial charge >= 0.3 is 0 Å². The zero-order chi connectivity index (χ0) is 17.1. The van der Waals surface area contributed by atoms with Crippen LogP contribution in [0.4, 0.5) is 11.6 Å². The minimum Gasteiger partial charge on any atom is -0.481 e. The van der Waals surface area contributed by atoms with Crippen LogP contribution in [-0.4, -0.2) is 60.4 Å². The van der Waals surface area contributed by atoms with E-state index in [9.17, 15) is 0 Å². The molecule has 2 aromatic rings. The van der Waals surface area contributed by atoms with Crippen molar-refractivity contribution >= 4 is 11.6 Å². The van der Waals surface area contributed by atoms with E-state index in [1.165, 1.54) is 0 Å². The molecule has 0 aromatic carbocycles. The second-order valence-corrected chi connectivity index (χ2v) is 6.58. The molecule has 0 aliphatic carbocycles. The Balaban J connectivity index is 1.53. The first kappa shape index (κ1) is 16.1. The molecular weight excluding hydrogens is 318 g/mol. The molecule has 2 aliphatic heterocycles. The Morgan fingerprint density at radius 3 is 2.76 bits per heavy atom. The molecule has 132 valence electrons. The predicted octanol–water partition coefficient (Wildman–Crippen LogP) is 1.76. The fraction of sp³-hybridized carbons (Fsp3) is 0.500. The lowest BCUT2D eigenvalue weighted by Gasteiger charge is -2.48. The zero-order valence-electron chi connectivity index (χ0n) is 14.5. The molecule has 4 heterocycles. The van der Waals surface area contributed by atoms with Crippen molar-refractivity contribution in [3.8, 4) is 5.88 Å². The van der Waals surface area contributed by atoms with Crippen molar-refractivity contribution in [3.63, 3.8) is 0 Å². The summed E-state index contributed by atoms with van der Waals surface area (Å²) in [6.45, 7) is 4.20. The molecule has 25 heavy (non-hydrogen) atoms.